The van der Waals surface area contributed by atoms with Crippen molar-refractivity contribution >= 4 is 11.6 Å². The van der Waals surface area contributed by atoms with Gasteiger partial charge >= 0.3 is 0 Å². The molecule has 0 saturated heterocycles. The Kier molecular flexibility index (Phi) is 5.89. The Hall–Kier alpha value is -0.640. The summed E-state index contributed by atoms with van der Waals surface area (Å²) in [7, 11) is 1.84. The lowest BCUT2D eigenvalue weighted by Gasteiger charge is -2.18. The Morgan fingerprint density at radius 3 is 2.71 bits per heavy atom. The highest BCUT2D eigenvalue weighted by Crippen LogP contribution is 2.19. The third-order valence-corrected chi connectivity index (χ3v) is 2.83. The summed E-state index contributed by atoms with van der Waals surface area (Å²) in [4.78, 5) is 0. The van der Waals surface area contributed by atoms with Crippen LogP contribution < -0.4 is 5.32 Å². The highest BCUT2D eigenvalue weighted by molar-refractivity contribution is 6.30. The summed E-state index contributed by atoms with van der Waals surface area (Å²) < 4.78 is 19.2. The van der Waals surface area contributed by atoms with Crippen LogP contribution in [0.15, 0.2) is 18.2 Å². The van der Waals surface area contributed by atoms with E-state index in [0.717, 1.165) is 0 Å². The summed E-state index contributed by atoms with van der Waals surface area (Å²) >= 11 is 5.74. The van der Waals surface area contributed by atoms with E-state index in [4.69, 9.17) is 16.3 Å². The van der Waals surface area contributed by atoms with Crippen LogP contribution in [0.1, 0.15) is 19.4 Å². The Morgan fingerprint density at radius 1 is 1.41 bits per heavy atom. The quantitative estimate of drug-likeness (QED) is 0.848. The van der Waals surface area contributed by atoms with Crippen LogP contribution in [0.2, 0.25) is 5.02 Å². The molecule has 0 spiro atoms. The molecule has 0 amide bonds. The summed E-state index contributed by atoms with van der Waals surface area (Å²) in [6.07, 6.45) is 0.741. The number of benzene rings is 1. The van der Waals surface area contributed by atoms with Gasteiger partial charge in [-0.3, -0.25) is 0 Å². The second kappa shape index (κ2) is 6.94. The maximum absolute atomic E-state index is 13.7. The lowest BCUT2D eigenvalue weighted by molar-refractivity contribution is 0.0626. The molecule has 0 fully saturated rings. The first kappa shape index (κ1) is 14.4. The van der Waals surface area contributed by atoms with Gasteiger partial charge in [-0.2, -0.15) is 0 Å². The van der Waals surface area contributed by atoms with Crippen LogP contribution in [0.3, 0.4) is 0 Å². The van der Waals surface area contributed by atoms with E-state index in [9.17, 15) is 4.39 Å². The van der Waals surface area contributed by atoms with E-state index >= 15 is 0 Å². The zero-order valence-corrected chi connectivity index (χ0v) is 11.2. The molecule has 1 N–H and O–H groups in total. The van der Waals surface area contributed by atoms with Gasteiger partial charge in [0.15, 0.2) is 0 Å². The van der Waals surface area contributed by atoms with Crippen LogP contribution in [0.5, 0.6) is 0 Å². The molecule has 17 heavy (non-hydrogen) atoms. The van der Waals surface area contributed by atoms with Crippen molar-refractivity contribution in [2.75, 3.05) is 13.7 Å². The smallest absolute Gasteiger partial charge is 0.145 e. The normalized spacial score (nSPS) is 13.1. The molecule has 0 aliphatic carbocycles. The van der Waals surface area contributed by atoms with E-state index in [1.54, 1.807) is 18.2 Å². The third-order valence-electron chi connectivity index (χ3n) is 2.54. The van der Waals surface area contributed by atoms with E-state index in [2.05, 4.69) is 5.32 Å². The minimum Gasteiger partial charge on any atom is -0.377 e. The van der Waals surface area contributed by atoms with E-state index in [0.29, 0.717) is 18.6 Å². The molecule has 1 aromatic rings. The van der Waals surface area contributed by atoms with Crippen LogP contribution in [0, 0.1) is 5.82 Å². The number of hydrogen-bond donors (Lipinski definition) is 1. The fourth-order valence-corrected chi connectivity index (χ4v) is 1.72. The number of nitrogens with one attached hydrogen (secondary N) is 1. The molecule has 0 heterocycles. The molecular formula is C13H19ClFNO. The predicted molar refractivity (Wildman–Crippen MR) is 69.0 cm³/mol. The van der Waals surface area contributed by atoms with Crippen LogP contribution >= 0.6 is 11.6 Å². The van der Waals surface area contributed by atoms with Gasteiger partial charge in [0.2, 0.25) is 0 Å². The van der Waals surface area contributed by atoms with Crippen molar-refractivity contribution in [3.05, 3.63) is 34.6 Å². The second-order valence-corrected chi connectivity index (χ2v) is 4.69. The fourth-order valence-electron chi connectivity index (χ4n) is 1.52. The van der Waals surface area contributed by atoms with Gasteiger partial charge in [0.1, 0.15) is 5.82 Å². The van der Waals surface area contributed by atoms with E-state index in [1.165, 1.54) is 0 Å². The molecule has 2 nitrogen and oxygen atoms in total. The zero-order chi connectivity index (χ0) is 12.8. The van der Waals surface area contributed by atoms with Gasteiger partial charge in [-0.1, -0.05) is 23.7 Å². The maximum atomic E-state index is 13.7. The largest absolute Gasteiger partial charge is 0.377 e. The first-order valence-electron chi connectivity index (χ1n) is 5.76. The Balaban J connectivity index is 2.64. The summed E-state index contributed by atoms with van der Waals surface area (Å²) in [5.41, 5.74) is 0.615. The van der Waals surface area contributed by atoms with Crippen LogP contribution in [-0.2, 0) is 11.2 Å². The van der Waals surface area contributed by atoms with Crippen LogP contribution in [0.4, 0.5) is 4.39 Å². The number of hydrogen-bond acceptors (Lipinski definition) is 2. The van der Waals surface area contributed by atoms with Crippen molar-refractivity contribution in [3.8, 4) is 0 Å². The topological polar surface area (TPSA) is 21.3 Å². The molecule has 0 radical (unpaired) electrons. The molecule has 0 aliphatic heterocycles. The van der Waals surface area contributed by atoms with Gasteiger partial charge in [0.25, 0.3) is 0 Å². The average Bonchev–Trinajstić information content (AvgIpc) is 2.29. The van der Waals surface area contributed by atoms with Crippen molar-refractivity contribution < 1.29 is 9.13 Å². The van der Waals surface area contributed by atoms with Gasteiger partial charge in [-0.25, -0.2) is 4.39 Å². The number of rotatable bonds is 6. The maximum Gasteiger partial charge on any atom is 0.145 e. The monoisotopic (exact) mass is 259 g/mol. The van der Waals surface area contributed by atoms with Crippen molar-refractivity contribution in [3.63, 3.8) is 0 Å². The van der Waals surface area contributed by atoms with Crippen LogP contribution in [0.25, 0.3) is 0 Å². The third kappa shape index (κ3) is 4.62. The molecule has 1 unspecified atom stereocenters. The van der Waals surface area contributed by atoms with Gasteiger partial charge in [-0.05, 0) is 38.9 Å². The molecule has 0 aromatic heterocycles. The van der Waals surface area contributed by atoms with Gasteiger partial charge in [-0.15, -0.1) is 0 Å². The Bertz CT molecular complexity index is 357. The van der Waals surface area contributed by atoms with Gasteiger partial charge in [0.05, 0.1) is 17.7 Å². The van der Waals surface area contributed by atoms with Gasteiger partial charge < -0.3 is 10.1 Å². The van der Waals surface area contributed by atoms with E-state index in [1.807, 2.05) is 20.9 Å². The average molecular weight is 260 g/mol. The Morgan fingerprint density at radius 2 is 2.12 bits per heavy atom. The minimum absolute atomic E-state index is 0.0883. The van der Waals surface area contributed by atoms with Crippen molar-refractivity contribution in [2.24, 2.45) is 0 Å². The molecule has 4 heteroatoms. The van der Waals surface area contributed by atoms with E-state index in [-0.39, 0.29) is 23.0 Å². The summed E-state index contributed by atoms with van der Waals surface area (Å²) in [6.45, 7) is 4.51. The highest BCUT2D eigenvalue weighted by atomic mass is 35.5. The highest BCUT2D eigenvalue weighted by Gasteiger charge is 2.13. The predicted octanol–water partition coefficient (Wildman–Crippen LogP) is 3.03. The summed E-state index contributed by atoms with van der Waals surface area (Å²) in [6, 6.07) is 5.15. The second-order valence-electron chi connectivity index (χ2n) is 4.28. The van der Waals surface area contributed by atoms with Crippen molar-refractivity contribution in [1.82, 2.24) is 5.32 Å². The lowest BCUT2D eigenvalue weighted by Crippen LogP contribution is -2.33. The molecule has 1 rings (SSSR count). The van der Waals surface area contributed by atoms with Crippen molar-refractivity contribution in [2.45, 2.75) is 32.4 Å². The molecule has 0 bridgehead atoms. The fraction of sp³-hybridized carbons (Fsp3) is 0.538. The molecule has 0 saturated carbocycles. The molecule has 1 atom stereocenters. The molecular weight excluding hydrogens is 241 g/mol. The van der Waals surface area contributed by atoms with Gasteiger partial charge in [0, 0.05) is 6.04 Å². The summed E-state index contributed by atoms with van der Waals surface area (Å²) in [5.74, 6) is -0.334. The number of halogens is 2. The first-order chi connectivity index (χ1) is 8.04. The molecule has 96 valence electrons. The van der Waals surface area contributed by atoms with E-state index < -0.39 is 0 Å². The number of likely N-dealkylation sites (N-methyl/N-ethyl adjacent to an activating group) is 1. The Labute approximate surface area is 107 Å². The van der Waals surface area contributed by atoms with Crippen molar-refractivity contribution in [1.29, 1.82) is 0 Å². The minimum atomic E-state index is -0.334. The lowest BCUT2D eigenvalue weighted by atomic mass is 10.1. The standard InChI is InChI=1S/C13H19ClFNO/c1-9(2)17-8-11(16-3)7-10-5-4-6-12(14)13(10)15/h4-6,9,11,16H,7-8H2,1-3H3. The molecule has 1 aromatic carbocycles. The summed E-state index contributed by atoms with van der Waals surface area (Å²) in [5, 5.41) is 3.29. The van der Waals surface area contributed by atoms with Crippen LogP contribution in [-0.4, -0.2) is 25.8 Å². The number of ether oxygens (including phenoxy) is 1. The molecule has 0 aliphatic rings. The first-order valence-corrected chi connectivity index (χ1v) is 6.14. The zero-order valence-electron chi connectivity index (χ0n) is 10.5. The SMILES string of the molecule is CNC(COC(C)C)Cc1cccc(Cl)c1F.